The minimum Gasteiger partial charge on any atom is -0.462 e. The van der Waals surface area contributed by atoms with Crippen LogP contribution in [0.1, 0.15) is 22.2 Å². The van der Waals surface area contributed by atoms with Crippen LogP contribution in [0.25, 0.3) is 9.40 Å². The number of aryl methyl sites for hydroxylation is 1. The van der Waals surface area contributed by atoms with E-state index in [0.29, 0.717) is 11.5 Å². The van der Waals surface area contributed by atoms with Crippen molar-refractivity contribution >= 4 is 38.0 Å². The maximum absolute atomic E-state index is 11.4. The van der Waals surface area contributed by atoms with Crippen LogP contribution >= 0.6 is 22.7 Å². The lowest BCUT2D eigenvalue weighted by molar-refractivity contribution is 0.0532. The molecule has 0 unspecified atom stereocenters. The molecule has 0 spiro atoms. The predicted octanol–water partition coefficient (Wildman–Crippen LogP) is 3.45. The van der Waals surface area contributed by atoms with Crippen LogP contribution in [0.5, 0.6) is 0 Å². The number of hydrogen-bond acceptors (Lipinski definition) is 4. The highest BCUT2D eigenvalue weighted by Gasteiger charge is 2.12. The van der Waals surface area contributed by atoms with Crippen molar-refractivity contribution in [2.75, 3.05) is 6.61 Å². The maximum Gasteiger partial charge on any atom is 0.348 e. The lowest BCUT2D eigenvalue weighted by Gasteiger charge is -1.96. The summed E-state index contributed by atoms with van der Waals surface area (Å²) < 4.78 is 6.14. The highest BCUT2D eigenvalue weighted by Crippen LogP contribution is 2.33. The van der Waals surface area contributed by atoms with E-state index in [0.717, 1.165) is 0 Å². The van der Waals surface area contributed by atoms with Crippen molar-refractivity contribution in [1.29, 1.82) is 0 Å². The van der Waals surface area contributed by atoms with Gasteiger partial charge in [0.05, 0.1) is 10.6 Å². The third-order valence-electron chi connectivity index (χ3n) is 1.94. The normalized spacial score (nSPS) is 10.7. The zero-order valence-corrected chi connectivity index (χ0v) is 9.63. The second kappa shape index (κ2) is 3.71. The van der Waals surface area contributed by atoms with Gasteiger partial charge in [-0.05, 0) is 30.9 Å². The summed E-state index contributed by atoms with van der Waals surface area (Å²) in [5, 5.41) is 3.29. The van der Waals surface area contributed by atoms with E-state index in [9.17, 15) is 4.79 Å². The molecule has 0 aliphatic carbocycles. The molecule has 0 amide bonds. The molecule has 14 heavy (non-hydrogen) atoms. The summed E-state index contributed by atoms with van der Waals surface area (Å²) in [6, 6.07) is 1.92. The first-order valence-electron chi connectivity index (χ1n) is 4.37. The average molecular weight is 226 g/mol. The van der Waals surface area contributed by atoms with Crippen molar-refractivity contribution in [3.63, 3.8) is 0 Å². The van der Waals surface area contributed by atoms with E-state index in [-0.39, 0.29) is 5.97 Å². The SMILES string of the molecule is CCOC(=O)c1cc2c(C)csc2s1. The molecule has 0 aliphatic heterocycles. The Kier molecular flexibility index (Phi) is 2.56. The summed E-state index contributed by atoms with van der Waals surface area (Å²) in [7, 11) is 0. The molecule has 2 rings (SSSR count). The second-order valence-electron chi connectivity index (χ2n) is 2.95. The van der Waals surface area contributed by atoms with Crippen molar-refractivity contribution in [1.82, 2.24) is 0 Å². The Morgan fingerprint density at radius 1 is 1.57 bits per heavy atom. The summed E-state index contributed by atoms with van der Waals surface area (Å²) >= 11 is 3.19. The molecule has 2 nitrogen and oxygen atoms in total. The molecule has 0 radical (unpaired) electrons. The molecule has 2 aromatic heterocycles. The minimum atomic E-state index is -0.208. The van der Waals surface area contributed by atoms with Gasteiger partial charge in [-0.2, -0.15) is 0 Å². The van der Waals surface area contributed by atoms with Crippen LogP contribution in [0.15, 0.2) is 11.4 Å². The third kappa shape index (κ3) is 1.55. The first-order chi connectivity index (χ1) is 6.72. The Morgan fingerprint density at radius 3 is 3.00 bits per heavy atom. The van der Waals surface area contributed by atoms with Gasteiger partial charge in [-0.3, -0.25) is 0 Å². The first kappa shape index (κ1) is 9.68. The first-order valence-corrected chi connectivity index (χ1v) is 6.06. The van der Waals surface area contributed by atoms with Crippen molar-refractivity contribution in [3.8, 4) is 0 Å². The number of thiophene rings is 2. The van der Waals surface area contributed by atoms with Crippen LogP contribution in [-0.2, 0) is 4.74 Å². The average Bonchev–Trinajstić information content (AvgIpc) is 2.69. The molecule has 0 fully saturated rings. The molecule has 0 saturated heterocycles. The minimum absolute atomic E-state index is 0.208. The monoisotopic (exact) mass is 226 g/mol. The van der Waals surface area contributed by atoms with Crippen molar-refractivity contribution in [3.05, 3.63) is 21.9 Å². The van der Waals surface area contributed by atoms with Crippen LogP contribution in [0, 0.1) is 6.92 Å². The Labute approximate surface area is 90.1 Å². The van der Waals surface area contributed by atoms with Gasteiger partial charge >= 0.3 is 5.97 Å². The van der Waals surface area contributed by atoms with Crippen molar-refractivity contribution < 1.29 is 9.53 Å². The predicted molar refractivity (Wildman–Crippen MR) is 60.4 cm³/mol. The summed E-state index contributed by atoms with van der Waals surface area (Å²) in [6.45, 7) is 4.31. The maximum atomic E-state index is 11.4. The molecule has 0 N–H and O–H groups in total. The highest BCUT2D eigenvalue weighted by atomic mass is 32.2. The number of fused-ring (bicyclic) bond motifs is 1. The fourth-order valence-electron chi connectivity index (χ4n) is 1.24. The Hall–Kier alpha value is -0.870. The number of esters is 1. The van der Waals surface area contributed by atoms with E-state index in [4.69, 9.17) is 4.74 Å². The van der Waals surface area contributed by atoms with E-state index < -0.39 is 0 Å². The van der Waals surface area contributed by atoms with Gasteiger partial charge in [0.15, 0.2) is 0 Å². The van der Waals surface area contributed by atoms with Gasteiger partial charge in [-0.15, -0.1) is 22.7 Å². The van der Waals surface area contributed by atoms with Gasteiger partial charge in [0.25, 0.3) is 0 Å². The Morgan fingerprint density at radius 2 is 2.36 bits per heavy atom. The highest BCUT2D eigenvalue weighted by molar-refractivity contribution is 7.38. The second-order valence-corrected chi connectivity index (χ2v) is 5.14. The standard InChI is InChI=1S/C10H10O2S2/c1-3-12-9(11)8-4-7-6(2)5-13-10(7)14-8/h4-5H,3H2,1-2H3. The molecule has 2 aromatic rings. The Bertz CT molecular complexity index is 467. The van der Waals surface area contributed by atoms with E-state index in [1.54, 1.807) is 11.3 Å². The van der Waals surface area contributed by atoms with Crippen molar-refractivity contribution in [2.24, 2.45) is 0 Å². The van der Waals surface area contributed by atoms with Crippen LogP contribution < -0.4 is 0 Å². The van der Waals surface area contributed by atoms with E-state index in [2.05, 4.69) is 12.3 Å². The summed E-state index contributed by atoms with van der Waals surface area (Å²) in [4.78, 5) is 12.1. The molecule has 74 valence electrons. The lowest BCUT2D eigenvalue weighted by atomic mass is 10.2. The zero-order chi connectivity index (χ0) is 10.1. The summed E-state index contributed by atoms with van der Waals surface area (Å²) in [5.41, 5.74) is 1.23. The van der Waals surface area contributed by atoms with E-state index in [1.165, 1.54) is 26.3 Å². The molecular formula is C10H10O2S2. The largest absolute Gasteiger partial charge is 0.462 e. The summed E-state index contributed by atoms with van der Waals surface area (Å²) in [5.74, 6) is -0.208. The molecule has 4 heteroatoms. The molecule has 0 saturated carbocycles. The number of ether oxygens (including phenoxy) is 1. The van der Waals surface area contributed by atoms with Gasteiger partial charge in [-0.1, -0.05) is 0 Å². The van der Waals surface area contributed by atoms with Gasteiger partial charge in [0.2, 0.25) is 0 Å². The quantitative estimate of drug-likeness (QED) is 0.733. The zero-order valence-electron chi connectivity index (χ0n) is 7.99. The topological polar surface area (TPSA) is 26.3 Å². The van der Waals surface area contributed by atoms with E-state index in [1.807, 2.05) is 13.0 Å². The molecule has 0 aromatic carbocycles. The Balaban J connectivity index is 2.40. The van der Waals surface area contributed by atoms with Gasteiger partial charge in [0, 0.05) is 5.39 Å². The molecular weight excluding hydrogens is 216 g/mol. The van der Waals surface area contributed by atoms with Crippen LogP contribution in [0.2, 0.25) is 0 Å². The summed E-state index contributed by atoms with van der Waals surface area (Å²) in [6.07, 6.45) is 0. The molecule has 0 atom stereocenters. The van der Waals surface area contributed by atoms with Crippen molar-refractivity contribution in [2.45, 2.75) is 13.8 Å². The van der Waals surface area contributed by atoms with Crippen LogP contribution in [-0.4, -0.2) is 12.6 Å². The third-order valence-corrected chi connectivity index (χ3v) is 4.30. The smallest absolute Gasteiger partial charge is 0.348 e. The number of carbonyl (C=O) groups is 1. The fraction of sp³-hybridized carbons (Fsp3) is 0.300. The fourth-order valence-corrected chi connectivity index (χ4v) is 3.46. The van der Waals surface area contributed by atoms with Gasteiger partial charge in [-0.25, -0.2) is 4.79 Å². The molecule has 2 heterocycles. The van der Waals surface area contributed by atoms with Gasteiger partial charge < -0.3 is 4.74 Å². The molecule has 0 aliphatic rings. The lowest BCUT2D eigenvalue weighted by Crippen LogP contribution is -2.01. The molecule has 0 bridgehead atoms. The van der Waals surface area contributed by atoms with Gasteiger partial charge in [0.1, 0.15) is 4.88 Å². The van der Waals surface area contributed by atoms with Crippen LogP contribution in [0.3, 0.4) is 0 Å². The number of hydrogen-bond donors (Lipinski definition) is 0. The number of rotatable bonds is 2. The number of carbonyl (C=O) groups excluding carboxylic acids is 1. The van der Waals surface area contributed by atoms with E-state index >= 15 is 0 Å². The van der Waals surface area contributed by atoms with Crippen LogP contribution in [0.4, 0.5) is 0 Å².